The van der Waals surface area contributed by atoms with Gasteiger partial charge in [0.25, 0.3) is 15.9 Å². The fraction of sp³-hybridized carbons (Fsp3) is 0.167. The van der Waals surface area contributed by atoms with E-state index in [0.717, 1.165) is 4.90 Å². The van der Waals surface area contributed by atoms with Crippen LogP contribution >= 0.6 is 0 Å². The first-order valence-corrected chi connectivity index (χ1v) is 11.8. The number of benzene rings is 3. The summed E-state index contributed by atoms with van der Waals surface area (Å²) in [6.07, 6.45) is -0.0543. The number of hydrogen-bond donors (Lipinski definition) is 2. The van der Waals surface area contributed by atoms with Crippen LogP contribution in [0.2, 0.25) is 0 Å². The Kier molecular flexibility index (Phi) is 6.42. The number of hydrogen-bond acceptors (Lipinski definition) is 7. The van der Waals surface area contributed by atoms with E-state index in [0.29, 0.717) is 28.6 Å². The molecule has 3 aromatic carbocycles. The predicted octanol–water partition coefficient (Wildman–Crippen LogP) is 3.25. The van der Waals surface area contributed by atoms with Crippen LogP contribution in [0.5, 0.6) is 11.5 Å². The molecule has 0 saturated carbocycles. The summed E-state index contributed by atoms with van der Waals surface area (Å²) in [4.78, 5) is 26.6. The Balaban J connectivity index is 1.52. The van der Waals surface area contributed by atoms with E-state index in [1.807, 2.05) is 0 Å². The zero-order valence-electron chi connectivity index (χ0n) is 18.5. The Morgan fingerprint density at radius 2 is 1.65 bits per heavy atom. The van der Waals surface area contributed by atoms with Crippen molar-refractivity contribution < 1.29 is 27.5 Å². The number of amides is 2. The normalized spacial score (nSPS) is 15.8. The molecule has 0 aromatic heterocycles. The van der Waals surface area contributed by atoms with Crippen molar-refractivity contribution in [3.8, 4) is 11.5 Å². The van der Waals surface area contributed by atoms with Crippen LogP contribution in [0.3, 0.4) is 0 Å². The van der Waals surface area contributed by atoms with Crippen molar-refractivity contribution in [2.75, 3.05) is 29.2 Å². The van der Waals surface area contributed by atoms with Gasteiger partial charge >= 0.3 is 0 Å². The summed E-state index contributed by atoms with van der Waals surface area (Å²) in [6.45, 7) is 0. The standard InChI is InChI=1S/C24H23N3O6S/c1-32-18-12-10-17(11-13-18)27-23(28)15-21(24(27)29)25-16-6-5-7-19(14-16)34(30,31)26-20-8-3-4-9-22(20)33-2/h3-14,21,25-26H,15H2,1-2H3. The molecule has 4 rings (SSSR count). The first-order chi connectivity index (χ1) is 16.3. The smallest absolute Gasteiger partial charge is 0.262 e. The fourth-order valence-corrected chi connectivity index (χ4v) is 4.75. The lowest BCUT2D eigenvalue weighted by molar-refractivity contribution is -0.121. The van der Waals surface area contributed by atoms with Crippen LogP contribution in [0.4, 0.5) is 17.1 Å². The molecule has 3 aromatic rings. The van der Waals surface area contributed by atoms with E-state index in [1.165, 1.54) is 26.4 Å². The van der Waals surface area contributed by atoms with Gasteiger partial charge in [0.15, 0.2) is 0 Å². The third-order valence-corrected chi connectivity index (χ3v) is 6.68. The Morgan fingerprint density at radius 3 is 2.35 bits per heavy atom. The second-order valence-corrected chi connectivity index (χ2v) is 9.18. The first-order valence-electron chi connectivity index (χ1n) is 10.4. The van der Waals surface area contributed by atoms with Crippen molar-refractivity contribution in [2.24, 2.45) is 0 Å². The Bertz CT molecular complexity index is 1320. The number of sulfonamides is 1. The van der Waals surface area contributed by atoms with Gasteiger partial charge in [0, 0.05) is 5.69 Å². The maximum Gasteiger partial charge on any atom is 0.262 e. The molecule has 1 fully saturated rings. The monoisotopic (exact) mass is 481 g/mol. The average Bonchev–Trinajstić information content (AvgIpc) is 3.12. The molecule has 0 bridgehead atoms. The minimum Gasteiger partial charge on any atom is -0.497 e. The number of nitrogens with one attached hydrogen (secondary N) is 2. The first kappa shape index (κ1) is 23.1. The average molecular weight is 482 g/mol. The number of anilines is 3. The van der Waals surface area contributed by atoms with E-state index in [2.05, 4.69) is 10.0 Å². The number of rotatable bonds is 8. The predicted molar refractivity (Wildman–Crippen MR) is 128 cm³/mol. The maximum atomic E-state index is 12.9. The maximum absolute atomic E-state index is 12.9. The molecule has 1 aliphatic rings. The highest BCUT2D eigenvalue weighted by molar-refractivity contribution is 7.92. The molecule has 0 aliphatic carbocycles. The van der Waals surface area contributed by atoms with Crippen molar-refractivity contribution in [1.82, 2.24) is 0 Å². The fourth-order valence-electron chi connectivity index (χ4n) is 3.63. The molecule has 1 saturated heterocycles. The lowest BCUT2D eigenvalue weighted by Crippen LogP contribution is -2.34. The number of methoxy groups -OCH3 is 2. The van der Waals surface area contributed by atoms with E-state index in [4.69, 9.17) is 9.47 Å². The van der Waals surface area contributed by atoms with Gasteiger partial charge in [-0.05, 0) is 54.6 Å². The van der Waals surface area contributed by atoms with Crippen LogP contribution in [0.1, 0.15) is 6.42 Å². The van der Waals surface area contributed by atoms with Crippen molar-refractivity contribution in [3.05, 3.63) is 72.8 Å². The summed E-state index contributed by atoms with van der Waals surface area (Å²) in [5.74, 6) is 0.219. The lowest BCUT2D eigenvalue weighted by Gasteiger charge is -2.17. The van der Waals surface area contributed by atoms with Gasteiger partial charge in [0.05, 0.1) is 36.9 Å². The third kappa shape index (κ3) is 4.67. The van der Waals surface area contributed by atoms with Gasteiger partial charge in [-0.15, -0.1) is 0 Å². The number of imide groups is 1. The zero-order valence-corrected chi connectivity index (χ0v) is 19.3. The van der Waals surface area contributed by atoms with Crippen molar-refractivity contribution >= 4 is 38.9 Å². The summed E-state index contributed by atoms with van der Waals surface area (Å²) in [6, 6.07) is 18.5. The van der Waals surface area contributed by atoms with Crippen LogP contribution in [0.25, 0.3) is 0 Å². The number of para-hydroxylation sites is 2. The molecule has 176 valence electrons. The van der Waals surface area contributed by atoms with Crippen LogP contribution in [0.15, 0.2) is 77.7 Å². The van der Waals surface area contributed by atoms with Crippen molar-refractivity contribution in [1.29, 1.82) is 0 Å². The SMILES string of the molecule is COc1ccc(N2C(=O)CC(Nc3cccc(S(=O)(=O)Nc4ccccc4OC)c3)C2=O)cc1. The van der Waals surface area contributed by atoms with Gasteiger partial charge in [0.2, 0.25) is 5.91 Å². The van der Waals surface area contributed by atoms with E-state index in [9.17, 15) is 18.0 Å². The summed E-state index contributed by atoms with van der Waals surface area (Å²) in [5.41, 5.74) is 1.14. The van der Waals surface area contributed by atoms with Gasteiger partial charge in [-0.3, -0.25) is 14.3 Å². The van der Waals surface area contributed by atoms with E-state index in [1.54, 1.807) is 60.7 Å². The highest BCUT2D eigenvalue weighted by Gasteiger charge is 2.39. The Labute approximate surface area is 197 Å². The second kappa shape index (κ2) is 9.44. The molecular formula is C24H23N3O6S. The summed E-state index contributed by atoms with van der Waals surface area (Å²) >= 11 is 0. The van der Waals surface area contributed by atoms with E-state index >= 15 is 0 Å². The third-order valence-electron chi connectivity index (χ3n) is 5.31. The Hall–Kier alpha value is -4.05. The molecule has 1 aliphatic heterocycles. The van der Waals surface area contributed by atoms with Crippen molar-refractivity contribution in [2.45, 2.75) is 17.4 Å². The quantitative estimate of drug-likeness (QED) is 0.475. The molecule has 34 heavy (non-hydrogen) atoms. The zero-order chi connectivity index (χ0) is 24.3. The minimum absolute atomic E-state index is 0.00723. The molecule has 0 radical (unpaired) electrons. The molecule has 9 nitrogen and oxygen atoms in total. The summed E-state index contributed by atoms with van der Waals surface area (Å²) < 4.78 is 38.7. The number of ether oxygens (including phenoxy) is 2. The van der Waals surface area contributed by atoms with Gasteiger partial charge in [0.1, 0.15) is 17.5 Å². The van der Waals surface area contributed by atoms with Gasteiger partial charge in [-0.2, -0.15) is 0 Å². The summed E-state index contributed by atoms with van der Waals surface area (Å²) in [7, 11) is -0.951. The second-order valence-electron chi connectivity index (χ2n) is 7.50. The molecule has 1 unspecified atom stereocenters. The minimum atomic E-state index is -3.93. The molecule has 1 heterocycles. The Morgan fingerprint density at radius 1 is 0.912 bits per heavy atom. The number of carbonyl (C=O) groups is 2. The van der Waals surface area contributed by atoms with Gasteiger partial charge in [-0.1, -0.05) is 18.2 Å². The molecule has 0 spiro atoms. The van der Waals surface area contributed by atoms with Crippen molar-refractivity contribution in [3.63, 3.8) is 0 Å². The van der Waals surface area contributed by atoms with Gasteiger partial charge < -0.3 is 14.8 Å². The topological polar surface area (TPSA) is 114 Å². The molecule has 2 amide bonds. The largest absolute Gasteiger partial charge is 0.497 e. The highest BCUT2D eigenvalue weighted by Crippen LogP contribution is 2.29. The van der Waals surface area contributed by atoms with Crippen LogP contribution < -0.4 is 24.4 Å². The van der Waals surface area contributed by atoms with Crippen LogP contribution in [-0.4, -0.2) is 40.5 Å². The highest BCUT2D eigenvalue weighted by atomic mass is 32.2. The lowest BCUT2D eigenvalue weighted by atomic mass is 10.2. The summed E-state index contributed by atoms with van der Waals surface area (Å²) in [5, 5.41) is 2.99. The molecule has 1 atom stereocenters. The van der Waals surface area contributed by atoms with Gasteiger partial charge in [-0.25, -0.2) is 13.3 Å². The van der Waals surface area contributed by atoms with E-state index in [-0.39, 0.29) is 17.2 Å². The van der Waals surface area contributed by atoms with Crippen LogP contribution in [-0.2, 0) is 19.6 Å². The number of carbonyl (C=O) groups excluding carboxylic acids is 2. The molecule has 10 heteroatoms. The molecule has 2 N–H and O–H groups in total. The van der Waals surface area contributed by atoms with E-state index < -0.39 is 22.0 Å². The van der Waals surface area contributed by atoms with Crippen LogP contribution in [0, 0.1) is 0 Å². The number of nitrogens with zero attached hydrogens (tertiary/aromatic N) is 1. The molecular weight excluding hydrogens is 458 g/mol.